The van der Waals surface area contributed by atoms with Crippen LogP contribution in [0.25, 0.3) is 0 Å². The third kappa shape index (κ3) is 5.20. The molecule has 0 unspecified atom stereocenters. The number of carbonyl (C=O) groups is 1. The topological polar surface area (TPSA) is 117 Å². The number of hydrogen-bond acceptors (Lipinski definition) is 8. The van der Waals surface area contributed by atoms with Gasteiger partial charge in [-0.25, -0.2) is 9.97 Å². The van der Waals surface area contributed by atoms with Crippen molar-refractivity contribution in [1.82, 2.24) is 24.6 Å². The van der Waals surface area contributed by atoms with Crippen LogP contribution in [0.3, 0.4) is 0 Å². The molecule has 4 heterocycles. The quantitative estimate of drug-likeness (QED) is 0.498. The Morgan fingerprint density at radius 2 is 1.71 bits per heavy atom. The van der Waals surface area contributed by atoms with Crippen LogP contribution in [0, 0.1) is 0 Å². The molecule has 1 aliphatic rings. The molecule has 34 heavy (non-hydrogen) atoms. The highest BCUT2D eigenvalue weighted by molar-refractivity contribution is 5.99. The van der Waals surface area contributed by atoms with E-state index in [1.165, 1.54) is 25.5 Å². The zero-order valence-corrected chi connectivity index (χ0v) is 18.6. The summed E-state index contributed by atoms with van der Waals surface area (Å²) in [5, 5.41) is 9.07. The van der Waals surface area contributed by atoms with Crippen molar-refractivity contribution in [2.75, 3.05) is 48.8 Å². The van der Waals surface area contributed by atoms with Crippen LogP contribution in [-0.4, -0.2) is 63.8 Å². The van der Waals surface area contributed by atoms with Gasteiger partial charge in [0.25, 0.3) is 5.91 Å². The number of carbonyl (C=O) groups excluding carboxylic acids is 1. The maximum Gasteiger partial charge on any atom is 0.437 e. The number of aryl methyl sites for hydroxylation is 1. The predicted octanol–water partition coefficient (Wildman–Crippen LogP) is 2.57. The first kappa shape index (κ1) is 23.3. The first-order chi connectivity index (χ1) is 16.1. The molecule has 3 aromatic heterocycles. The number of piperazine rings is 1. The molecular weight excluding hydrogens is 451 g/mol. The lowest BCUT2D eigenvalue weighted by atomic mass is 10.2. The summed E-state index contributed by atoms with van der Waals surface area (Å²) in [5.41, 5.74) is 4.94. The standard InChI is InChI=1S/C21H24F3N9O/c1-31-5-7-33(8-6-31)13-3-4-17(26-10-13)29-18-9-15(14(11-27-18)20(25)34)28-16-12-32(2)30-19(16)21(22,23)24/h3-4,9-12H,5-8H2,1-2H3,(H2,25,34)(H2,26,27,28,29). The van der Waals surface area contributed by atoms with Crippen LogP contribution in [-0.2, 0) is 13.2 Å². The number of pyridine rings is 2. The van der Waals surface area contributed by atoms with E-state index in [1.807, 2.05) is 6.07 Å². The fourth-order valence-corrected chi connectivity index (χ4v) is 3.60. The second-order valence-electron chi connectivity index (χ2n) is 7.98. The first-order valence-corrected chi connectivity index (χ1v) is 10.4. The maximum atomic E-state index is 13.3. The summed E-state index contributed by atoms with van der Waals surface area (Å²) >= 11 is 0. The van der Waals surface area contributed by atoms with E-state index < -0.39 is 17.8 Å². The van der Waals surface area contributed by atoms with Crippen molar-refractivity contribution in [2.45, 2.75) is 6.18 Å². The van der Waals surface area contributed by atoms with Crippen molar-refractivity contribution in [1.29, 1.82) is 0 Å². The van der Waals surface area contributed by atoms with Gasteiger partial charge in [0.1, 0.15) is 11.6 Å². The van der Waals surface area contributed by atoms with Crippen molar-refractivity contribution in [3.63, 3.8) is 0 Å². The highest BCUT2D eigenvalue weighted by atomic mass is 19.4. The minimum atomic E-state index is -4.68. The molecule has 0 aliphatic carbocycles. The number of nitrogens with one attached hydrogen (secondary N) is 2. The molecule has 1 saturated heterocycles. The van der Waals surface area contributed by atoms with Crippen molar-refractivity contribution in [3.05, 3.63) is 48.0 Å². The fraction of sp³-hybridized carbons (Fsp3) is 0.333. The highest BCUT2D eigenvalue weighted by Gasteiger charge is 2.37. The van der Waals surface area contributed by atoms with Gasteiger partial charge in [0.05, 0.1) is 28.8 Å². The van der Waals surface area contributed by atoms with E-state index in [9.17, 15) is 18.0 Å². The van der Waals surface area contributed by atoms with Crippen molar-refractivity contribution < 1.29 is 18.0 Å². The van der Waals surface area contributed by atoms with Gasteiger partial charge < -0.3 is 26.2 Å². The molecule has 4 N–H and O–H groups in total. The number of nitrogens with two attached hydrogens (primary N) is 1. The lowest BCUT2D eigenvalue weighted by Gasteiger charge is -2.33. The Morgan fingerprint density at radius 3 is 2.32 bits per heavy atom. The van der Waals surface area contributed by atoms with Gasteiger partial charge in [-0.05, 0) is 19.2 Å². The smallest absolute Gasteiger partial charge is 0.368 e. The number of amides is 1. The molecule has 1 fully saturated rings. The van der Waals surface area contributed by atoms with E-state index in [0.29, 0.717) is 5.82 Å². The summed E-state index contributed by atoms with van der Waals surface area (Å²) < 4.78 is 41.0. The largest absolute Gasteiger partial charge is 0.437 e. The van der Waals surface area contributed by atoms with E-state index >= 15 is 0 Å². The number of hydrogen-bond donors (Lipinski definition) is 3. The monoisotopic (exact) mass is 475 g/mol. The third-order valence-electron chi connectivity index (χ3n) is 5.41. The Hall–Kier alpha value is -3.87. The zero-order valence-electron chi connectivity index (χ0n) is 18.6. The highest BCUT2D eigenvalue weighted by Crippen LogP contribution is 2.35. The Labute approximate surface area is 193 Å². The molecule has 13 heteroatoms. The van der Waals surface area contributed by atoms with Crippen LogP contribution >= 0.6 is 0 Å². The Balaban J connectivity index is 1.55. The van der Waals surface area contributed by atoms with Crippen LogP contribution in [0.4, 0.5) is 41.9 Å². The summed E-state index contributed by atoms with van der Waals surface area (Å²) in [6.07, 6.45) is -0.579. The Kier molecular flexibility index (Phi) is 6.28. The molecule has 4 rings (SSSR count). The SMILES string of the molecule is CN1CCN(c2ccc(Nc3cc(Nc4cn(C)nc4C(F)(F)F)c(C(N)=O)cn3)nc2)CC1. The molecule has 0 radical (unpaired) electrons. The van der Waals surface area contributed by atoms with Gasteiger partial charge in [-0.15, -0.1) is 0 Å². The van der Waals surface area contributed by atoms with E-state index in [4.69, 9.17) is 5.73 Å². The number of nitrogens with zero attached hydrogens (tertiary/aromatic N) is 6. The van der Waals surface area contributed by atoms with Crippen LogP contribution in [0.15, 0.2) is 36.8 Å². The minimum absolute atomic E-state index is 0.0533. The summed E-state index contributed by atoms with van der Waals surface area (Å²) in [6.45, 7) is 3.76. The van der Waals surface area contributed by atoms with Crippen molar-refractivity contribution in [2.24, 2.45) is 12.8 Å². The molecular formula is C21H24F3N9O. The van der Waals surface area contributed by atoms with Crippen LogP contribution in [0.2, 0.25) is 0 Å². The first-order valence-electron chi connectivity index (χ1n) is 10.4. The lowest BCUT2D eigenvalue weighted by Crippen LogP contribution is -2.44. The average Bonchev–Trinajstić information content (AvgIpc) is 3.15. The van der Waals surface area contributed by atoms with Gasteiger partial charge in [-0.3, -0.25) is 9.48 Å². The normalized spacial score (nSPS) is 14.8. The molecule has 0 aromatic carbocycles. The number of primary amides is 1. The van der Waals surface area contributed by atoms with E-state index in [2.05, 4.69) is 42.5 Å². The maximum absolute atomic E-state index is 13.3. The number of aromatic nitrogens is 4. The second-order valence-corrected chi connectivity index (χ2v) is 7.98. The Morgan fingerprint density at radius 1 is 1.00 bits per heavy atom. The summed E-state index contributed by atoms with van der Waals surface area (Å²) in [7, 11) is 3.45. The molecule has 10 nitrogen and oxygen atoms in total. The molecule has 180 valence electrons. The van der Waals surface area contributed by atoms with Gasteiger partial charge in [0.15, 0.2) is 5.69 Å². The molecule has 0 atom stereocenters. The number of halogens is 3. The summed E-state index contributed by atoms with van der Waals surface area (Å²) in [5.74, 6) is -0.0843. The van der Waals surface area contributed by atoms with E-state index in [0.717, 1.165) is 36.5 Å². The van der Waals surface area contributed by atoms with Crippen LogP contribution in [0.1, 0.15) is 16.1 Å². The zero-order chi connectivity index (χ0) is 24.5. The average molecular weight is 475 g/mol. The van der Waals surface area contributed by atoms with E-state index in [-0.39, 0.29) is 22.8 Å². The molecule has 1 amide bonds. The fourth-order valence-electron chi connectivity index (χ4n) is 3.60. The van der Waals surface area contributed by atoms with Crippen LogP contribution < -0.4 is 21.3 Å². The van der Waals surface area contributed by atoms with Gasteiger partial charge >= 0.3 is 6.18 Å². The molecule has 1 aliphatic heterocycles. The third-order valence-corrected chi connectivity index (χ3v) is 5.41. The minimum Gasteiger partial charge on any atom is -0.368 e. The van der Waals surface area contributed by atoms with Crippen molar-refractivity contribution >= 4 is 34.6 Å². The predicted molar refractivity (Wildman–Crippen MR) is 121 cm³/mol. The lowest BCUT2D eigenvalue weighted by molar-refractivity contribution is -0.140. The summed E-state index contributed by atoms with van der Waals surface area (Å²) in [4.78, 5) is 24.9. The number of likely N-dealkylation sites (N-methyl/N-ethyl adjacent to an activating group) is 1. The molecule has 0 saturated carbocycles. The molecule has 0 spiro atoms. The van der Waals surface area contributed by atoms with Gasteiger partial charge in [-0.2, -0.15) is 18.3 Å². The van der Waals surface area contributed by atoms with E-state index in [1.54, 1.807) is 12.3 Å². The van der Waals surface area contributed by atoms with Gasteiger partial charge in [0, 0.05) is 51.7 Å². The van der Waals surface area contributed by atoms with Crippen molar-refractivity contribution in [3.8, 4) is 0 Å². The second kappa shape index (κ2) is 9.17. The molecule has 0 bridgehead atoms. The molecule has 3 aromatic rings. The Bertz CT molecular complexity index is 1170. The number of anilines is 5. The van der Waals surface area contributed by atoms with Gasteiger partial charge in [-0.1, -0.05) is 0 Å². The summed E-state index contributed by atoms with van der Waals surface area (Å²) in [6, 6.07) is 5.11. The number of rotatable bonds is 6. The van der Waals surface area contributed by atoms with Crippen LogP contribution in [0.5, 0.6) is 0 Å². The number of alkyl halides is 3. The van der Waals surface area contributed by atoms with Gasteiger partial charge in [0.2, 0.25) is 0 Å².